The first kappa shape index (κ1) is 19.8. The van der Waals surface area contributed by atoms with Gasteiger partial charge in [0.05, 0.1) is 14.2 Å². The van der Waals surface area contributed by atoms with Crippen molar-refractivity contribution in [3.63, 3.8) is 0 Å². The lowest BCUT2D eigenvalue weighted by molar-refractivity contribution is 0.0626. The minimum Gasteiger partial charge on any atom is -0.497 e. The van der Waals surface area contributed by atoms with E-state index >= 15 is 0 Å². The van der Waals surface area contributed by atoms with Crippen LogP contribution in [-0.4, -0.2) is 49.5 Å². The molecule has 2 aromatic carbocycles. The van der Waals surface area contributed by atoms with Crippen molar-refractivity contribution < 1.29 is 19.3 Å². The van der Waals surface area contributed by atoms with Crippen LogP contribution < -0.4 is 14.2 Å². The molecule has 146 valence electrons. The Morgan fingerprint density at radius 3 is 2.22 bits per heavy atom. The van der Waals surface area contributed by atoms with E-state index in [1.165, 1.54) is 0 Å². The highest BCUT2D eigenvalue weighted by atomic mass is 35.5. The van der Waals surface area contributed by atoms with Gasteiger partial charge in [-0.15, -0.1) is 0 Å². The molecule has 0 aromatic heterocycles. The monoisotopic (exact) mass is 391 g/mol. The minimum absolute atomic E-state index is 0.242. The second kappa shape index (κ2) is 9.31. The molecular formula is C21H26ClNO4. The number of hydrogen-bond donors (Lipinski definition) is 1. The van der Waals surface area contributed by atoms with Crippen molar-refractivity contribution in [1.29, 1.82) is 0 Å². The van der Waals surface area contributed by atoms with E-state index in [4.69, 9.17) is 25.8 Å². The summed E-state index contributed by atoms with van der Waals surface area (Å²) in [6, 6.07) is 13.5. The molecule has 1 fully saturated rings. The Kier molecular flexibility index (Phi) is 6.83. The number of methoxy groups -OCH3 is 2. The Balaban J connectivity index is 1.58. The molecule has 1 saturated carbocycles. The molecule has 2 aromatic rings. The first-order valence-electron chi connectivity index (χ1n) is 9.10. The molecule has 1 atom stereocenters. The highest BCUT2D eigenvalue weighted by Gasteiger charge is 2.30. The van der Waals surface area contributed by atoms with Crippen molar-refractivity contribution in [1.82, 2.24) is 4.90 Å². The molecule has 3 rings (SSSR count). The van der Waals surface area contributed by atoms with Gasteiger partial charge < -0.3 is 19.3 Å². The Bertz CT molecular complexity index is 711. The van der Waals surface area contributed by atoms with Gasteiger partial charge in [0, 0.05) is 30.2 Å². The first-order valence-corrected chi connectivity index (χ1v) is 9.47. The summed E-state index contributed by atoms with van der Waals surface area (Å²) in [5.74, 6) is 2.24. The molecule has 5 nitrogen and oxygen atoms in total. The maximum atomic E-state index is 10.4. The van der Waals surface area contributed by atoms with Crippen molar-refractivity contribution in [2.75, 3.05) is 27.4 Å². The quantitative estimate of drug-likeness (QED) is 0.668. The van der Waals surface area contributed by atoms with Crippen LogP contribution in [0.1, 0.15) is 18.4 Å². The maximum absolute atomic E-state index is 10.4. The number of rotatable bonds is 10. The van der Waals surface area contributed by atoms with Crippen LogP contribution in [0.4, 0.5) is 0 Å². The SMILES string of the molecule is COc1cc(CN(C[C@@H](O)COc2ccc(Cl)cc2)C2CC2)cc(OC)c1. The summed E-state index contributed by atoms with van der Waals surface area (Å²) in [6.07, 6.45) is 1.74. The Morgan fingerprint density at radius 1 is 1.04 bits per heavy atom. The summed E-state index contributed by atoms with van der Waals surface area (Å²) in [4.78, 5) is 2.30. The van der Waals surface area contributed by atoms with Crippen LogP contribution in [-0.2, 0) is 6.54 Å². The summed E-state index contributed by atoms with van der Waals surface area (Å²) in [5.41, 5.74) is 1.10. The number of halogens is 1. The van der Waals surface area contributed by atoms with Gasteiger partial charge in [0.15, 0.2) is 0 Å². The first-order chi connectivity index (χ1) is 13.1. The fourth-order valence-corrected chi connectivity index (χ4v) is 3.15. The number of aliphatic hydroxyl groups is 1. The van der Waals surface area contributed by atoms with E-state index in [0.717, 1.165) is 36.4 Å². The van der Waals surface area contributed by atoms with Crippen LogP contribution in [0.3, 0.4) is 0 Å². The molecule has 27 heavy (non-hydrogen) atoms. The van der Waals surface area contributed by atoms with Crippen molar-refractivity contribution in [3.05, 3.63) is 53.1 Å². The van der Waals surface area contributed by atoms with Crippen LogP contribution in [0, 0.1) is 0 Å². The molecule has 0 bridgehead atoms. The fraction of sp³-hybridized carbons (Fsp3) is 0.429. The number of hydrogen-bond acceptors (Lipinski definition) is 5. The number of ether oxygens (including phenoxy) is 3. The van der Waals surface area contributed by atoms with Crippen LogP contribution in [0.5, 0.6) is 17.2 Å². The predicted octanol–water partition coefficient (Wildman–Crippen LogP) is 3.76. The van der Waals surface area contributed by atoms with Gasteiger partial charge in [-0.1, -0.05) is 11.6 Å². The largest absolute Gasteiger partial charge is 0.497 e. The molecule has 1 aliphatic rings. The zero-order valence-corrected chi connectivity index (χ0v) is 16.5. The smallest absolute Gasteiger partial charge is 0.122 e. The van der Waals surface area contributed by atoms with Gasteiger partial charge in [0.2, 0.25) is 0 Å². The van der Waals surface area contributed by atoms with Crippen LogP contribution in [0.15, 0.2) is 42.5 Å². The lowest BCUT2D eigenvalue weighted by atomic mass is 10.1. The molecule has 0 radical (unpaired) electrons. The predicted molar refractivity (Wildman–Crippen MR) is 106 cm³/mol. The Labute approximate surface area is 165 Å². The normalized spacial score (nSPS) is 14.9. The van der Waals surface area contributed by atoms with Gasteiger partial charge >= 0.3 is 0 Å². The minimum atomic E-state index is -0.575. The van der Waals surface area contributed by atoms with E-state index in [9.17, 15) is 5.11 Å². The van der Waals surface area contributed by atoms with E-state index in [2.05, 4.69) is 4.90 Å². The molecular weight excluding hydrogens is 366 g/mol. The molecule has 0 amide bonds. The van der Waals surface area contributed by atoms with E-state index in [1.807, 2.05) is 18.2 Å². The van der Waals surface area contributed by atoms with E-state index < -0.39 is 6.10 Å². The fourth-order valence-electron chi connectivity index (χ4n) is 3.02. The Hall–Kier alpha value is -1.95. The summed E-state index contributed by atoms with van der Waals surface area (Å²) in [5, 5.41) is 11.1. The van der Waals surface area contributed by atoms with Gasteiger partial charge in [-0.25, -0.2) is 0 Å². The highest BCUT2D eigenvalue weighted by molar-refractivity contribution is 6.30. The molecule has 0 unspecified atom stereocenters. The summed E-state index contributed by atoms with van der Waals surface area (Å²) >= 11 is 5.88. The van der Waals surface area contributed by atoms with Crippen molar-refractivity contribution >= 4 is 11.6 Å². The standard InChI is InChI=1S/C21H26ClNO4/c1-25-20-9-15(10-21(11-20)26-2)12-23(17-5-6-17)13-18(24)14-27-19-7-3-16(22)4-8-19/h3-4,7-11,17-18,24H,5-6,12-14H2,1-2H3/t18-/m1/s1. The third kappa shape index (κ3) is 6.03. The van der Waals surface area contributed by atoms with Gasteiger partial charge in [-0.2, -0.15) is 0 Å². The van der Waals surface area contributed by atoms with Crippen LogP contribution in [0.2, 0.25) is 5.02 Å². The number of aliphatic hydroxyl groups excluding tert-OH is 1. The second-order valence-electron chi connectivity index (χ2n) is 6.80. The number of nitrogens with zero attached hydrogens (tertiary/aromatic N) is 1. The molecule has 1 aliphatic carbocycles. The van der Waals surface area contributed by atoms with Gasteiger partial charge in [0.25, 0.3) is 0 Å². The Morgan fingerprint density at radius 2 is 1.67 bits per heavy atom. The van der Waals surface area contributed by atoms with Gasteiger partial charge in [-0.3, -0.25) is 4.90 Å². The van der Waals surface area contributed by atoms with Gasteiger partial charge in [-0.05, 0) is 54.8 Å². The summed E-state index contributed by atoms with van der Waals surface area (Å²) < 4.78 is 16.4. The third-order valence-corrected chi connectivity index (χ3v) is 4.81. The molecule has 0 saturated heterocycles. The molecule has 1 N–H and O–H groups in total. The maximum Gasteiger partial charge on any atom is 0.122 e. The average molecular weight is 392 g/mol. The average Bonchev–Trinajstić information content (AvgIpc) is 3.52. The van der Waals surface area contributed by atoms with Crippen molar-refractivity contribution in [2.24, 2.45) is 0 Å². The van der Waals surface area contributed by atoms with Crippen molar-refractivity contribution in [2.45, 2.75) is 31.5 Å². The zero-order valence-electron chi connectivity index (χ0n) is 15.7. The van der Waals surface area contributed by atoms with E-state index in [-0.39, 0.29) is 6.61 Å². The van der Waals surface area contributed by atoms with Crippen LogP contribution >= 0.6 is 11.6 Å². The summed E-state index contributed by atoms with van der Waals surface area (Å²) in [6.45, 7) is 1.53. The molecule has 0 spiro atoms. The van der Waals surface area contributed by atoms with E-state index in [1.54, 1.807) is 38.5 Å². The second-order valence-corrected chi connectivity index (χ2v) is 7.24. The zero-order chi connectivity index (χ0) is 19.2. The topological polar surface area (TPSA) is 51.2 Å². The lowest BCUT2D eigenvalue weighted by Crippen LogP contribution is -2.36. The summed E-state index contributed by atoms with van der Waals surface area (Å²) in [7, 11) is 3.30. The molecule has 0 aliphatic heterocycles. The highest BCUT2D eigenvalue weighted by Crippen LogP contribution is 2.30. The molecule has 0 heterocycles. The molecule has 6 heteroatoms. The lowest BCUT2D eigenvalue weighted by Gasteiger charge is -2.25. The van der Waals surface area contributed by atoms with E-state index in [0.29, 0.717) is 23.4 Å². The van der Waals surface area contributed by atoms with Crippen LogP contribution in [0.25, 0.3) is 0 Å². The number of benzene rings is 2. The van der Waals surface area contributed by atoms with Gasteiger partial charge in [0.1, 0.15) is 30.0 Å². The third-order valence-electron chi connectivity index (χ3n) is 4.56. The van der Waals surface area contributed by atoms with Crippen molar-refractivity contribution in [3.8, 4) is 17.2 Å².